The van der Waals surface area contributed by atoms with Crippen molar-refractivity contribution in [3.63, 3.8) is 0 Å². The number of para-hydroxylation sites is 1. The van der Waals surface area contributed by atoms with Crippen LogP contribution in [0.2, 0.25) is 0 Å². The van der Waals surface area contributed by atoms with Gasteiger partial charge in [-0.2, -0.15) is 4.31 Å². The summed E-state index contributed by atoms with van der Waals surface area (Å²) in [5.74, 6) is 1.56. The molecule has 37 heavy (non-hydrogen) atoms. The summed E-state index contributed by atoms with van der Waals surface area (Å²) in [6.07, 6.45) is 1.28. The minimum absolute atomic E-state index is 0.0785. The summed E-state index contributed by atoms with van der Waals surface area (Å²) in [5.41, 5.74) is 3.34. The van der Waals surface area contributed by atoms with E-state index in [-0.39, 0.29) is 17.4 Å². The molecule has 0 spiro atoms. The first kappa shape index (κ1) is 25.8. The van der Waals surface area contributed by atoms with Crippen LogP contribution < -0.4 is 9.47 Å². The molecule has 0 N–H and O–H groups in total. The van der Waals surface area contributed by atoms with Crippen LogP contribution in [0.25, 0.3) is 0 Å². The zero-order valence-corrected chi connectivity index (χ0v) is 22.5. The largest absolute Gasteiger partial charge is 0.490 e. The van der Waals surface area contributed by atoms with Crippen molar-refractivity contribution in [2.75, 3.05) is 38.5 Å². The van der Waals surface area contributed by atoms with Crippen molar-refractivity contribution in [1.82, 2.24) is 9.21 Å². The van der Waals surface area contributed by atoms with E-state index < -0.39 is 10.0 Å². The molecule has 5 rings (SSSR count). The van der Waals surface area contributed by atoms with Crippen LogP contribution in [0.3, 0.4) is 0 Å². The van der Waals surface area contributed by atoms with E-state index in [1.807, 2.05) is 24.3 Å². The van der Waals surface area contributed by atoms with Crippen LogP contribution in [-0.2, 0) is 16.4 Å². The lowest BCUT2D eigenvalue weighted by Gasteiger charge is -2.39. The van der Waals surface area contributed by atoms with Crippen molar-refractivity contribution in [1.29, 1.82) is 0 Å². The van der Waals surface area contributed by atoms with Gasteiger partial charge >= 0.3 is 0 Å². The van der Waals surface area contributed by atoms with Crippen LogP contribution >= 0.6 is 0 Å². The highest BCUT2D eigenvalue weighted by molar-refractivity contribution is 7.89. The van der Waals surface area contributed by atoms with E-state index in [0.29, 0.717) is 45.0 Å². The molecule has 3 aromatic carbocycles. The minimum Gasteiger partial charge on any atom is -0.490 e. The van der Waals surface area contributed by atoms with Crippen molar-refractivity contribution < 1.29 is 17.9 Å². The number of sulfonamides is 1. The second kappa shape index (κ2) is 10.9. The third kappa shape index (κ3) is 6.00. The topological polar surface area (TPSA) is 59.1 Å². The van der Waals surface area contributed by atoms with E-state index in [2.05, 4.69) is 73.3 Å². The Morgan fingerprint density at radius 3 is 2.11 bits per heavy atom. The third-order valence-corrected chi connectivity index (χ3v) is 9.08. The fourth-order valence-corrected chi connectivity index (χ4v) is 6.84. The zero-order chi connectivity index (χ0) is 25.9. The molecule has 2 aliphatic heterocycles. The van der Waals surface area contributed by atoms with Gasteiger partial charge in [0, 0.05) is 38.2 Å². The average Bonchev–Trinajstić information content (AvgIpc) is 3.23. The maximum Gasteiger partial charge on any atom is 0.214 e. The predicted molar refractivity (Wildman–Crippen MR) is 147 cm³/mol. The number of nitrogens with zero attached hydrogens (tertiary/aromatic N) is 2. The van der Waals surface area contributed by atoms with Crippen molar-refractivity contribution in [2.24, 2.45) is 0 Å². The lowest BCUT2D eigenvalue weighted by atomic mass is 9.96. The van der Waals surface area contributed by atoms with Crippen LogP contribution in [0, 0.1) is 0 Å². The molecule has 3 aromatic rings. The van der Waals surface area contributed by atoms with E-state index in [9.17, 15) is 8.42 Å². The Balaban J connectivity index is 1.16. The molecular formula is C30H36N2O4S. The van der Waals surface area contributed by atoms with Gasteiger partial charge in [-0.3, -0.25) is 4.90 Å². The number of rotatable bonds is 9. The van der Waals surface area contributed by atoms with Crippen molar-refractivity contribution >= 4 is 10.0 Å². The summed E-state index contributed by atoms with van der Waals surface area (Å²) < 4.78 is 39.9. The van der Waals surface area contributed by atoms with Crippen LogP contribution in [0.4, 0.5) is 0 Å². The molecule has 2 heterocycles. The molecule has 0 aromatic heterocycles. The number of piperazine rings is 1. The molecule has 0 radical (unpaired) electrons. The normalized spacial score (nSPS) is 17.9. The number of fused-ring (bicyclic) bond motifs is 1. The fraction of sp³-hybridized carbons (Fsp3) is 0.400. The highest BCUT2D eigenvalue weighted by Crippen LogP contribution is 2.41. The molecule has 2 aliphatic rings. The summed E-state index contributed by atoms with van der Waals surface area (Å²) in [5, 5.41) is 0. The Labute approximate surface area is 220 Å². The lowest BCUT2D eigenvalue weighted by molar-refractivity contribution is 0.132. The summed E-state index contributed by atoms with van der Waals surface area (Å²) in [6, 6.07) is 26.9. The van der Waals surface area contributed by atoms with Crippen molar-refractivity contribution in [3.05, 3.63) is 95.6 Å². The molecule has 7 heteroatoms. The summed E-state index contributed by atoms with van der Waals surface area (Å²) >= 11 is 0. The minimum atomic E-state index is -3.35. The highest BCUT2D eigenvalue weighted by Gasteiger charge is 2.33. The number of hydrogen-bond donors (Lipinski definition) is 0. The van der Waals surface area contributed by atoms with Gasteiger partial charge in [-0.15, -0.1) is 0 Å². The molecule has 1 saturated heterocycles. The molecule has 0 saturated carbocycles. The third-order valence-electron chi connectivity index (χ3n) is 7.12. The van der Waals surface area contributed by atoms with Gasteiger partial charge < -0.3 is 9.47 Å². The van der Waals surface area contributed by atoms with Crippen LogP contribution in [-0.4, -0.2) is 61.8 Å². The smallest absolute Gasteiger partial charge is 0.214 e. The van der Waals surface area contributed by atoms with E-state index in [1.54, 1.807) is 4.31 Å². The summed E-state index contributed by atoms with van der Waals surface area (Å²) in [7, 11) is -3.35. The van der Waals surface area contributed by atoms with Gasteiger partial charge in [0.15, 0.2) is 11.5 Å². The lowest BCUT2D eigenvalue weighted by Crippen LogP contribution is -2.50. The van der Waals surface area contributed by atoms with Gasteiger partial charge in [-0.25, -0.2) is 8.42 Å². The van der Waals surface area contributed by atoms with Gasteiger partial charge in [-0.05, 0) is 37.5 Å². The quantitative estimate of drug-likeness (QED) is 0.376. The fourth-order valence-electron chi connectivity index (χ4n) is 5.38. The first-order valence-electron chi connectivity index (χ1n) is 13.1. The van der Waals surface area contributed by atoms with E-state index in [4.69, 9.17) is 9.47 Å². The molecule has 0 unspecified atom stereocenters. The molecule has 0 bridgehead atoms. The molecule has 0 aliphatic carbocycles. The Hall–Kier alpha value is -2.87. The monoisotopic (exact) mass is 520 g/mol. The second-order valence-electron chi connectivity index (χ2n) is 10.5. The molecule has 0 atom stereocenters. The SMILES string of the molecule is CC1(C)Cc2cccc(OCCCS(=O)(=O)N3CCN(C(c4ccccc4)c4ccccc4)CC3)c2O1. The highest BCUT2D eigenvalue weighted by atomic mass is 32.2. The molecule has 1 fully saturated rings. The number of hydrogen-bond acceptors (Lipinski definition) is 5. The van der Waals surface area contributed by atoms with E-state index in [1.165, 1.54) is 11.1 Å². The van der Waals surface area contributed by atoms with Gasteiger partial charge in [0.25, 0.3) is 0 Å². The number of benzene rings is 3. The predicted octanol–water partition coefficient (Wildman–Crippen LogP) is 4.91. The number of ether oxygens (including phenoxy) is 2. The van der Waals surface area contributed by atoms with Gasteiger partial charge in [-0.1, -0.05) is 72.8 Å². The molecule has 0 amide bonds. The van der Waals surface area contributed by atoms with Gasteiger partial charge in [0.05, 0.1) is 18.4 Å². The van der Waals surface area contributed by atoms with E-state index in [0.717, 1.165) is 17.7 Å². The maximum absolute atomic E-state index is 13.1. The van der Waals surface area contributed by atoms with Gasteiger partial charge in [0.2, 0.25) is 10.0 Å². The Morgan fingerprint density at radius 1 is 0.865 bits per heavy atom. The van der Waals surface area contributed by atoms with Crippen LogP contribution in [0.1, 0.15) is 43.0 Å². The van der Waals surface area contributed by atoms with Crippen LogP contribution in [0.5, 0.6) is 11.5 Å². The van der Waals surface area contributed by atoms with Crippen molar-refractivity contribution in [2.45, 2.75) is 38.3 Å². The average molecular weight is 521 g/mol. The van der Waals surface area contributed by atoms with Gasteiger partial charge in [0.1, 0.15) is 5.60 Å². The summed E-state index contributed by atoms with van der Waals surface area (Å²) in [6.45, 7) is 6.82. The maximum atomic E-state index is 13.1. The first-order chi connectivity index (χ1) is 17.8. The van der Waals surface area contributed by atoms with E-state index >= 15 is 0 Å². The Kier molecular flexibility index (Phi) is 7.56. The molecule has 196 valence electrons. The van der Waals surface area contributed by atoms with Crippen molar-refractivity contribution in [3.8, 4) is 11.5 Å². The molecule has 6 nitrogen and oxygen atoms in total. The Morgan fingerprint density at radius 2 is 1.49 bits per heavy atom. The van der Waals surface area contributed by atoms with Crippen LogP contribution in [0.15, 0.2) is 78.9 Å². The zero-order valence-electron chi connectivity index (χ0n) is 21.7. The Bertz CT molecular complexity index is 1250. The summed E-state index contributed by atoms with van der Waals surface area (Å²) in [4.78, 5) is 2.39. The standard InChI is InChI=1S/C30H36N2O4S/c1-30(2)23-26-15-9-16-27(29(26)36-30)35-21-10-22-37(33,34)32-19-17-31(18-20-32)28(24-11-5-3-6-12-24)25-13-7-4-8-14-25/h3-9,11-16,28H,10,17-23H2,1-2H3. The first-order valence-corrected chi connectivity index (χ1v) is 14.7. The molecular weight excluding hydrogens is 484 g/mol. The second-order valence-corrected chi connectivity index (χ2v) is 12.5.